The summed E-state index contributed by atoms with van der Waals surface area (Å²) in [5.74, 6) is 0. The molecule has 2 fully saturated rings. The van der Waals surface area contributed by atoms with E-state index < -0.39 is 74.6 Å². The largest absolute Gasteiger partial charge is 0.394 e. The number of rotatable bonds is 4. The summed E-state index contributed by atoms with van der Waals surface area (Å²) in [4.78, 5) is 0. The highest BCUT2D eigenvalue weighted by atomic mass is 16.7. The summed E-state index contributed by atoms with van der Waals surface area (Å²) in [6.45, 7) is -1.35. The van der Waals surface area contributed by atoms with Crippen LogP contribution in [0.2, 0.25) is 0 Å². The first kappa shape index (κ1) is 18.9. The van der Waals surface area contributed by atoms with Crippen LogP contribution in [-0.2, 0) is 14.2 Å². The Bertz CT molecular complexity index is 378. The summed E-state index contributed by atoms with van der Waals surface area (Å²) >= 11 is 0. The molecular weight excluding hydrogens is 320 g/mol. The van der Waals surface area contributed by atoms with E-state index in [2.05, 4.69) is 0 Å². The van der Waals surface area contributed by atoms with E-state index in [0.717, 1.165) is 0 Å². The highest BCUT2D eigenvalue weighted by molar-refractivity contribution is 4.93. The topological polar surface area (TPSA) is 190 Å². The van der Waals surface area contributed by atoms with Gasteiger partial charge in [-0.2, -0.15) is 0 Å². The Morgan fingerprint density at radius 2 is 1.26 bits per heavy atom. The Morgan fingerprint density at radius 1 is 0.652 bits per heavy atom. The normalized spacial score (nSPS) is 51.7. The van der Waals surface area contributed by atoms with Gasteiger partial charge < -0.3 is 55.1 Å². The number of hydrogen-bond acceptors (Lipinski definition) is 11. The van der Waals surface area contributed by atoms with Gasteiger partial charge in [0.1, 0.15) is 48.8 Å². The molecule has 0 aromatic heterocycles. The lowest BCUT2D eigenvalue weighted by Gasteiger charge is -2.45. The molecule has 0 amide bonds. The van der Waals surface area contributed by atoms with Gasteiger partial charge in [0.15, 0.2) is 12.6 Å². The van der Waals surface area contributed by atoms with Crippen molar-refractivity contribution in [2.24, 2.45) is 0 Å². The van der Waals surface area contributed by atoms with Crippen molar-refractivity contribution in [1.29, 1.82) is 0 Å². The monoisotopic (exact) mass is 342 g/mol. The highest BCUT2D eigenvalue weighted by Gasteiger charge is 2.50. The van der Waals surface area contributed by atoms with Crippen molar-refractivity contribution in [3.8, 4) is 0 Å². The Hall–Kier alpha value is -0.440. The molecule has 11 nitrogen and oxygen atoms in total. The molecule has 10 atom stereocenters. The number of hydrogen-bond donors (Lipinski definition) is 8. The van der Waals surface area contributed by atoms with Crippen LogP contribution >= 0.6 is 0 Å². The summed E-state index contributed by atoms with van der Waals surface area (Å²) in [6.07, 6.45) is -15.6. The Kier molecular flexibility index (Phi) is 6.27. The molecule has 0 bridgehead atoms. The zero-order chi connectivity index (χ0) is 17.3. The summed E-state index contributed by atoms with van der Waals surface area (Å²) in [5.41, 5.74) is 0. The second-order valence-corrected chi connectivity index (χ2v) is 5.53. The Labute approximate surface area is 130 Å². The number of aliphatic hydroxyl groups is 8. The van der Waals surface area contributed by atoms with E-state index in [4.69, 9.17) is 19.3 Å². The lowest BCUT2D eigenvalue weighted by Crippen LogP contribution is -2.64. The third-order valence-corrected chi connectivity index (χ3v) is 3.98. The third kappa shape index (κ3) is 3.65. The van der Waals surface area contributed by atoms with Crippen LogP contribution < -0.4 is 0 Å². The van der Waals surface area contributed by atoms with Crippen LogP contribution in [0.25, 0.3) is 0 Å². The van der Waals surface area contributed by atoms with Crippen LogP contribution in [0.5, 0.6) is 0 Å². The van der Waals surface area contributed by atoms with Crippen molar-refractivity contribution in [3.05, 3.63) is 0 Å². The SMILES string of the molecule is OC[C@H]1O[C@@H](O[C@H]2[C@H](O)C(O)C(O)O[C@@H]2CO)[C@H](O)[C@@H](O)[C@H]1O. The lowest BCUT2D eigenvalue weighted by molar-refractivity contribution is -0.355. The van der Waals surface area contributed by atoms with Crippen LogP contribution in [0.3, 0.4) is 0 Å². The van der Waals surface area contributed by atoms with Crippen LogP contribution in [0.15, 0.2) is 0 Å². The van der Waals surface area contributed by atoms with E-state index in [9.17, 15) is 35.7 Å². The molecule has 2 heterocycles. The van der Waals surface area contributed by atoms with Crippen molar-refractivity contribution >= 4 is 0 Å². The fraction of sp³-hybridized carbons (Fsp3) is 1.00. The minimum atomic E-state index is -1.74. The van der Waals surface area contributed by atoms with E-state index >= 15 is 0 Å². The minimum absolute atomic E-state index is 0.667. The molecule has 2 saturated heterocycles. The third-order valence-electron chi connectivity index (χ3n) is 3.98. The van der Waals surface area contributed by atoms with Crippen molar-refractivity contribution in [2.45, 2.75) is 61.4 Å². The molecule has 2 aliphatic heterocycles. The van der Waals surface area contributed by atoms with E-state index in [1.165, 1.54) is 0 Å². The molecule has 2 unspecified atom stereocenters. The smallest absolute Gasteiger partial charge is 0.187 e. The fourth-order valence-corrected chi connectivity index (χ4v) is 2.57. The Balaban J connectivity index is 2.11. The first-order chi connectivity index (χ1) is 10.8. The fourth-order valence-electron chi connectivity index (χ4n) is 2.57. The molecule has 0 spiro atoms. The molecule has 2 rings (SSSR count). The average Bonchev–Trinajstić information content (AvgIpc) is 2.55. The maximum atomic E-state index is 9.94. The molecule has 8 N–H and O–H groups in total. The molecule has 0 aliphatic carbocycles. The molecule has 0 radical (unpaired) electrons. The van der Waals surface area contributed by atoms with Crippen LogP contribution in [0, 0.1) is 0 Å². The summed E-state index contributed by atoms with van der Waals surface area (Å²) in [7, 11) is 0. The molecule has 136 valence electrons. The summed E-state index contributed by atoms with van der Waals surface area (Å²) in [6, 6.07) is 0. The maximum absolute atomic E-state index is 9.94. The average molecular weight is 342 g/mol. The summed E-state index contributed by atoms with van der Waals surface area (Å²) < 4.78 is 15.3. The van der Waals surface area contributed by atoms with E-state index in [0.29, 0.717) is 0 Å². The van der Waals surface area contributed by atoms with Gasteiger partial charge in [0.2, 0.25) is 0 Å². The van der Waals surface area contributed by atoms with E-state index in [-0.39, 0.29) is 0 Å². The first-order valence-electron chi connectivity index (χ1n) is 7.08. The van der Waals surface area contributed by atoms with Gasteiger partial charge in [-0.05, 0) is 0 Å². The summed E-state index contributed by atoms with van der Waals surface area (Å²) in [5, 5.41) is 76.5. The number of ether oxygens (including phenoxy) is 3. The zero-order valence-electron chi connectivity index (χ0n) is 12.0. The van der Waals surface area contributed by atoms with Gasteiger partial charge in [0, 0.05) is 0 Å². The van der Waals surface area contributed by atoms with E-state index in [1.807, 2.05) is 0 Å². The molecule has 0 aromatic carbocycles. The predicted molar refractivity (Wildman–Crippen MR) is 68.6 cm³/mol. The molecule has 0 saturated carbocycles. The second-order valence-electron chi connectivity index (χ2n) is 5.53. The number of aliphatic hydroxyl groups excluding tert-OH is 8. The van der Waals surface area contributed by atoms with Gasteiger partial charge in [0.05, 0.1) is 13.2 Å². The standard InChI is InChI=1S/C12H22O11/c13-1-3-5(15)6(16)9(19)12(22-3)23-10-4(2-14)21-11(20)8(18)7(10)17/h3-20H,1-2H2/t3-,4-,5+,6+,7-,8?,9-,10-,11?,12+/m1/s1. The molecule has 0 aromatic rings. The van der Waals surface area contributed by atoms with Crippen LogP contribution in [-0.4, -0.2) is 115 Å². The van der Waals surface area contributed by atoms with Gasteiger partial charge in [0.25, 0.3) is 0 Å². The van der Waals surface area contributed by atoms with Crippen molar-refractivity contribution < 1.29 is 55.1 Å². The zero-order valence-corrected chi connectivity index (χ0v) is 12.0. The van der Waals surface area contributed by atoms with Crippen LogP contribution in [0.1, 0.15) is 0 Å². The quantitative estimate of drug-likeness (QED) is 0.243. The van der Waals surface area contributed by atoms with Gasteiger partial charge in [-0.15, -0.1) is 0 Å². The van der Waals surface area contributed by atoms with Gasteiger partial charge in [-0.3, -0.25) is 0 Å². The Morgan fingerprint density at radius 3 is 1.83 bits per heavy atom. The first-order valence-corrected chi connectivity index (χ1v) is 7.08. The molecule has 2 aliphatic rings. The highest BCUT2D eigenvalue weighted by Crippen LogP contribution is 2.28. The van der Waals surface area contributed by atoms with Gasteiger partial charge in [-0.1, -0.05) is 0 Å². The molecule has 23 heavy (non-hydrogen) atoms. The lowest BCUT2D eigenvalue weighted by atomic mass is 9.97. The van der Waals surface area contributed by atoms with Crippen molar-refractivity contribution in [1.82, 2.24) is 0 Å². The second kappa shape index (κ2) is 7.63. The van der Waals surface area contributed by atoms with Gasteiger partial charge in [-0.25, -0.2) is 0 Å². The molecular formula is C12H22O11. The van der Waals surface area contributed by atoms with Crippen LogP contribution in [0.4, 0.5) is 0 Å². The van der Waals surface area contributed by atoms with Crippen molar-refractivity contribution in [2.75, 3.05) is 13.2 Å². The van der Waals surface area contributed by atoms with E-state index in [1.54, 1.807) is 0 Å². The maximum Gasteiger partial charge on any atom is 0.187 e. The van der Waals surface area contributed by atoms with Gasteiger partial charge >= 0.3 is 0 Å². The molecule has 11 heteroatoms. The van der Waals surface area contributed by atoms with Crippen molar-refractivity contribution in [3.63, 3.8) is 0 Å². The minimum Gasteiger partial charge on any atom is -0.394 e. The predicted octanol–water partition coefficient (Wildman–Crippen LogP) is -5.40.